The third-order valence-electron chi connectivity index (χ3n) is 3.77. The minimum Gasteiger partial charge on any atom is -0.389 e. The summed E-state index contributed by atoms with van der Waals surface area (Å²) in [6, 6.07) is 14.7. The summed E-state index contributed by atoms with van der Waals surface area (Å²) in [5, 5.41) is 13.2. The number of hydrogen-bond donors (Lipinski definition) is 2. The van der Waals surface area contributed by atoms with Crippen molar-refractivity contribution < 1.29 is 14.6 Å². The van der Waals surface area contributed by atoms with Gasteiger partial charge in [-0.15, -0.1) is 0 Å². The molecule has 0 spiro atoms. The van der Waals surface area contributed by atoms with Crippen LogP contribution in [-0.4, -0.2) is 47.8 Å². The molecule has 25 heavy (non-hydrogen) atoms. The van der Waals surface area contributed by atoms with Gasteiger partial charge in [0.15, 0.2) is 5.78 Å². The van der Waals surface area contributed by atoms with E-state index in [2.05, 4.69) is 17.2 Å². The molecule has 2 N–H and O–H groups in total. The average Bonchev–Trinajstić information content (AvgIpc) is 2.66. The van der Waals surface area contributed by atoms with E-state index in [-0.39, 0.29) is 12.4 Å². The molecule has 0 fully saturated rings. The number of carbonyl (C=O) groups excluding carboxylic acids is 1. The highest BCUT2D eigenvalue weighted by Gasteiger charge is 2.23. The number of aliphatic hydroxyl groups excluding tert-OH is 1. The molecule has 0 aliphatic carbocycles. The van der Waals surface area contributed by atoms with Gasteiger partial charge in [0.05, 0.1) is 12.7 Å². The molecule has 2 rings (SSSR count). The van der Waals surface area contributed by atoms with Gasteiger partial charge in [-0.05, 0) is 25.1 Å². The van der Waals surface area contributed by atoms with E-state index in [1.807, 2.05) is 36.4 Å². The highest BCUT2D eigenvalue weighted by Crippen LogP contribution is 2.11. The summed E-state index contributed by atoms with van der Waals surface area (Å²) >= 11 is 0. The van der Waals surface area contributed by atoms with Crippen LogP contribution in [0, 0.1) is 0 Å². The van der Waals surface area contributed by atoms with Gasteiger partial charge in [0, 0.05) is 30.4 Å². The largest absolute Gasteiger partial charge is 0.389 e. The highest BCUT2D eigenvalue weighted by molar-refractivity contribution is 5.99. The maximum absolute atomic E-state index is 12.8. The lowest BCUT2D eigenvalue weighted by molar-refractivity contribution is -0.00191. The van der Waals surface area contributed by atoms with Crippen molar-refractivity contribution in [3.05, 3.63) is 66.0 Å². The Balaban J connectivity index is 2.00. The SMILES string of the molecule is CCCNCC(O)COC(Cc1ccccn1)C(=O)c1ccccc1. The van der Waals surface area contributed by atoms with Crippen molar-refractivity contribution in [2.75, 3.05) is 19.7 Å². The zero-order valence-electron chi connectivity index (χ0n) is 14.6. The normalized spacial score (nSPS) is 13.4. The van der Waals surface area contributed by atoms with Crippen molar-refractivity contribution in [3.63, 3.8) is 0 Å². The lowest BCUT2D eigenvalue weighted by Gasteiger charge is -2.19. The molecular formula is C20H26N2O3. The van der Waals surface area contributed by atoms with E-state index < -0.39 is 12.2 Å². The number of hydrogen-bond acceptors (Lipinski definition) is 5. The van der Waals surface area contributed by atoms with Crippen LogP contribution in [0.3, 0.4) is 0 Å². The number of nitrogens with zero attached hydrogens (tertiary/aromatic N) is 1. The molecule has 0 radical (unpaired) electrons. The third kappa shape index (κ3) is 6.74. The predicted octanol–water partition coefficient (Wildman–Crippen LogP) is 2.25. The fourth-order valence-electron chi connectivity index (χ4n) is 2.46. The van der Waals surface area contributed by atoms with E-state index in [4.69, 9.17) is 4.74 Å². The maximum Gasteiger partial charge on any atom is 0.191 e. The number of carbonyl (C=O) groups is 1. The molecule has 1 heterocycles. The van der Waals surface area contributed by atoms with E-state index in [1.54, 1.807) is 18.3 Å². The second-order valence-corrected chi connectivity index (χ2v) is 5.94. The van der Waals surface area contributed by atoms with Gasteiger partial charge in [-0.2, -0.15) is 0 Å². The molecule has 0 saturated heterocycles. The van der Waals surface area contributed by atoms with Crippen molar-refractivity contribution in [1.82, 2.24) is 10.3 Å². The Kier molecular flexibility index (Phi) is 8.25. The van der Waals surface area contributed by atoms with E-state index in [0.29, 0.717) is 18.5 Å². The van der Waals surface area contributed by atoms with Crippen molar-refractivity contribution in [2.45, 2.75) is 32.0 Å². The first kappa shape index (κ1) is 19.2. The smallest absolute Gasteiger partial charge is 0.191 e. The number of Topliss-reactive ketones (excluding diaryl/α,β-unsaturated/α-hetero) is 1. The van der Waals surface area contributed by atoms with Crippen LogP contribution in [0.15, 0.2) is 54.7 Å². The first-order valence-electron chi connectivity index (χ1n) is 8.70. The first-order valence-corrected chi connectivity index (χ1v) is 8.70. The summed E-state index contributed by atoms with van der Waals surface area (Å²) in [5.74, 6) is -0.0972. The van der Waals surface area contributed by atoms with Crippen LogP contribution in [0.5, 0.6) is 0 Å². The van der Waals surface area contributed by atoms with Gasteiger partial charge in [-0.3, -0.25) is 9.78 Å². The zero-order valence-corrected chi connectivity index (χ0v) is 14.6. The number of pyridine rings is 1. The second kappa shape index (κ2) is 10.7. The zero-order chi connectivity index (χ0) is 17.9. The summed E-state index contributed by atoms with van der Waals surface area (Å²) in [4.78, 5) is 17.0. The molecule has 0 aliphatic rings. The Morgan fingerprint density at radius 3 is 2.64 bits per heavy atom. The fraction of sp³-hybridized carbons (Fsp3) is 0.400. The van der Waals surface area contributed by atoms with E-state index >= 15 is 0 Å². The Morgan fingerprint density at radius 2 is 1.96 bits per heavy atom. The molecule has 1 aromatic heterocycles. The van der Waals surface area contributed by atoms with E-state index in [1.165, 1.54) is 0 Å². The Labute approximate surface area is 149 Å². The molecule has 2 aromatic rings. The molecule has 134 valence electrons. The lowest BCUT2D eigenvalue weighted by Crippen LogP contribution is -2.35. The van der Waals surface area contributed by atoms with Crippen molar-refractivity contribution in [3.8, 4) is 0 Å². The number of ether oxygens (including phenoxy) is 1. The average molecular weight is 342 g/mol. The van der Waals surface area contributed by atoms with Crippen LogP contribution in [0.1, 0.15) is 29.4 Å². The van der Waals surface area contributed by atoms with Crippen LogP contribution in [0.4, 0.5) is 0 Å². The first-order chi connectivity index (χ1) is 12.2. The number of ketones is 1. The Hall–Kier alpha value is -2.08. The Morgan fingerprint density at radius 1 is 1.20 bits per heavy atom. The van der Waals surface area contributed by atoms with Crippen molar-refractivity contribution >= 4 is 5.78 Å². The number of aromatic nitrogens is 1. The van der Waals surface area contributed by atoms with Gasteiger partial charge >= 0.3 is 0 Å². The minimum atomic E-state index is -0.668. The summed E-state index contributed by atoms with van der Waals surface area (Å²) in [5.41, 5.74) is 1.39. The molecule has 5 nitrogen and oxygen atoms in total. The maximum atomic E-state index is 12.8. The number of rotatable bonds is 11. The van der Waals surface area contributed by atoms with Crippen LogP contribution >= 0.6 is 0 Å². The summed E-state index contributed by atoms with van der Waals surface area (Å²) in [7, 11) is 0. The van der Waals surface area contributed by atoms with Gasteiger partial charge in [-0.1, -0.05) is 43.3 Å². The number of nitrogens with one attached hydrogen (secondary N) is 1. The molecule has 0 saturated carbocycles. The number of aliphatic hydroxyl groups is 1. The van der Waals surface area contributed by atoms with Crippen LogP contribution < -0.4 is 5.32 Å². The van der Waals surface area contributed by atoms with Crippen molar-refractivity contribution in [2.24, 2.45) is 0 Å². The molecule has 0 amide bonds. The van der Waals surface area contributed by atoms with Crippen LogP contribution in [0.2, 0.25) is 0 Å². The van der Waals surface area contributed by atoms with Gasteiger partial charge in [0.2, 0.25) is 0 Å². The standard InChI is InChI=1S/C20H26N2O3/c1-2-11-21-14-18(23)15-25-19(13-17-10-6-7-12-22-17)20(24)16-8-4-3-5-9-16/h3-10,12,18-19,21,23H,2,11,13-15H2,1H3. The molecule has 0 bridgehead atoms. The topological polar surface area (TPSA) is 71.4 Å². The molecule has 2 atom stereocenters. The monoisotopic (exact) mass is 342 g/mol. The summed E-state index contributed by atoms with van der Waals surface area (Å²) < 4.78 is 5.78. The molecule has 1 aromatic carbocycles. The summed E-state index contributed by atoms with van der Waals surface area (Å²) in [6.07, 6.45) is 1.76. The van der Waals surface area contributed by atoms with E-state index in [9.17, 15) is 9.90 Å². The van der Waals surface area contributed by atoms with Crippen LogP contribution in [0.25, 0.3) is 0 Å². The van der Waals surface area contributed by atoms with Crippen LogP contribution in [-0.2, 0) is 11.2 Å². The van der Waals surface area contributed by atoms with Gasteiger partial charge in [0.25, 0.3) is 0 Å². The minimum absolute atomic E-state index is 0.0972. The molecular weight excluding hydrogens is 316 g/mol. The Bertz CT molecular complexity index is 619. The predicted molar refractivity (Wildman–Crippen MR) is 97.6 cm³/mol. The highest BCUT2D eigenvalue weighted by atomic mass is 16.5. The summed E-state index contributed by atoms with van der Waals surface area (Å²) in [6.45, 7) is 3.46. The second-order valence-electron chi connectivity index (χ2n) is 5.94. The molecule has 5 heteroatoms. The quantitative estimate of drug-likeness (QED) is 0.484. The van der Waals surface area contributed by atoms with Crippen molar-refractivity contribution in [1.29, 1.82) is 0 Å². The molecule has 2 unspecified atom stereocenters. The van der Waals surface area contributed by atoms with Gasteiger partial charge in [0.1, 0.15) is 6.10 Å². The lowest BCUT2D eigenvalue weighted by atomic mass is 10.0. The van der Waals surface area contributed by atoms with E-state index in [0.717, 1.165) is 18.7 Å². The number of benzene rings is 1. The molecule has 0 aliphatic heterocycles. The van der Waals surface area contributed by atoms with Gasteiger partial charge in [-0.25, -0.2) is 0 Å². The fourth-order valence-corrected chi connectivity index (χ4v) is 2.46. The third-order valence-corrected chi connectivity index (χ3v) is 3.77. The van der Waals surface area contributed by atoms with Gasteiger partial charge < -0.3 is 15.2 Å².